The Labute approximate surface area is 139 Å². The number of halogens is 1. The van der Waals surface area contributed by atoms with E-state index in [0.29, 0.717) is 13.0 Å². The van der Waals surface area contributed by atoms with Crippen LogP contribution < -0.4 is 10.6 Å². The lowest BCUT2D eigenvalue weighted by molar-refractivity contribution is -0.140. The highest BCUT2D eigenvalue weighted by atomic mass is 127. The van der Waals surface area contributed by atoms with Crippen LogP contribution in [0.3, 0.4) is 0 Å². The van der Waals surface area contributed by atoms with E-state index < -0.39 is 0 Å². The summed E-state index contributed by atoms with van der Waals surface area (Å²) >= 11 is 0. The molecule has 0 aromatic rings. The number of unbranched alkanes of at least 4 members (excludes halogenated alkanes) is 3. The molecular weight excluding hydrogens is 373 g/mol. The van der Waals surface area contributed by atoms with E-state index in [0.717, 1.165) is 44.7 Å². The minimum atomic E-state index is -0.124. The Morgan fingerprint density at radius 1 is 1.05 bits per heavy atom. The first-order valence-electron chi connectivity index (χ1n) is 6.74. The highest BCUT2D eigenvalue weighted by Gasteiger charge is 1.99. The number of hydrogen-bond acceptors (Lipinski definition) is 4. The number of guanidine groups is 1. The van der Waals surface area contributed by atoms with Crippen molar-refractivity contribution in [3.8, 4) is 0 Å². The van der Waals surface area contributed by atoms with Crippen molar-refractivity contribution in [3.05, 3.63) is 0 Å². The van der Waals surface area contributed by atoms with Crippen molar-refractivity contribution < 1.29 is 14.3 Å². The maximum Gasteiger partial charge on any atom is 0.305 e. The van der Waals surface area contributed by atoms with Gasteiger partial charge in [-0.15, -0.1) is 24.0 Å². The zero-order valence-electron chi connectivity index (χ0n) is 12.7. The van der Waals surface area contributed by atoms with Crippen LogP contribution in [0.1, 0.15) is 32.1 Å². The lowest BCUT2D eigenvalue weighted by atomic mass is 10.1. The monoisotopic (exact) mass is 401 g/mol. The van der Waals surface area contributed by atoms with Gasteiger partial charge in [0.1, 0.15) is 0 Å². The van der Waals surface area contributed by atoms with Crippen molar-refractivity contribution >= 4 is 35.9 Å². The minimum absolute atomic E-state index is 0. The van der Waals surface area contributed by atoms with E-state index in [1.165, 1.54) is 7.11 Å². The quantitative estimate of drug-likeness (QED) is 0.191. The normalized spacial score (nSPS) is 10.7. The summed E-state index contributed by atoms with van der Waals surface area (Å²) in [5.41, 5.74) is 0. The third kappa shape index (κ3) is 13.9. The molecule has 0 heterocycles. The first kappa shape index (κ1) is 21.7. The Kier molecular flexibility index (Phi) is 17.9. The van der Waals surface area contributed by atoms with Gasteiger partial charge in [-0.3, -0.25) is 9.79 Å². The molecular formula is C13H28IN3O3. The van der Waals surface area contributed by atoms with Gasteiger partial charge in [-0.2, -0.15) is 0 Å². The Bertz CT molecular complexity index is 263. The standard InChI is InChI=1S/C13H27N3O3.HI/c1-14-13(16-10-11-18-2)15-9-7-5-4-6-8-12(17)19-3;/h4-11H2,1-3H3,(H2,14,15,16);1H. The average molecular weight is 401 g/mol. The number of nitrogens with one attached hydrogen (secondary N) is 2. The summed E-state index contributed by atoms with van der Waals surface area (Å²) in [5.74, 6) is 0.674. The zero-order chi connectivity index (χ0) is 14.3. The molecule has 0 saturated heterocycles. The molecule has 0 rings (SSSR count). The van der Waals surface area contributed by atoms with Crippen LogP contribution in [0.5, 0.6) is 0 Å². The summed E-state index contributed by atoms with van der Waals surface area (Å²) in [7, 11) is 4.85. The molecule has 0 bridgehead atoms. The SMILES string of the molecule is CN=C(NCCCCCCC(=O)OC)NCCOC.I. The van der Waals surface area contributed by atoms with E-state index in [1.807, 2.05) is 0 Å². The topological polar surface area (TPSA) is 72.0 Å². The number of esters is 1. The summed E-state index contributed by atoms with van der Waals surface area (Å²) < 4.78 is 9.54. The number of rotatable bonds is 10. The smallest absolute Gasteiger partial charge is 0.305 e. The van der Waals surface area contributed by atoms with Gasteiger partial charge >= 0.3 is 5.97 Å². The molecule has 0 aliphatic carbocycles. The van der Waals surface area contributed by atoms with E-state index in [2.05, 4.69) is 20.4 Å². The minimum Gasteiger partial charge on any atom is -0.469 e. The molecule has 20 heavy (non-hydrogen) atoms. The Hall–Kier alpha value is -0.570. The van der Waals surface area contributed by atoms with Crippen LogP contribution in [-0.2, 0) is 14.3 Å². The summed E-state index contributed by atoms with van der Waals surface area (Å²) in [4.78, 5) is 15.0. The zero-order valence-corrected chi connectivity index (χ0v) is 15.1. The van der Waals surface area contributed by atoms with Crippen LogP contribution in [0.15, 0.2) is 4.99 Å². The predicted octanol–water partition coefficient (Wildman–Crippen LogP) is 1.54. The molecule has 0 unspecified atom stereocenters. The molecule has 0 spiro atoms. The van der Waals surface area contributed by atoms with Gasteiger partial charge in [0.15, 0.2) is 5.96 Å². The summed E-state index contributed by atoms with van der Waals surface area (Å²) in [6.07, 6.45) is 4.62. The molecule has 7 heteroatoms. The maximum absolute atomic E-state index is 10.9. The number of carbonyl (C=O) groups is 1. The van der Waals surface area contributed by atoms with Crippen molar-refractivity contribution in [2.24, 2.45) is 4.99 Å². The molecule has 0 aromatic heterocycles. The lowest BCUT2D eigenvalue weighted by Crippen LogP contribution is -2.39. The molecule has 0 saturated carbocycles. The van der Waals surface area contributed by atoms with E-state index >= 15 is 0 Å². The maximum atomic E-state index is 10.9. The molecule has 0 aliphatic heterocycles. The van der Waals surface area contributed by atoms with Gasteiger partial charge in [0.25, 0.3) is 0 Å². The number of methoxy groups -OCH3 is 2. The van der Waals surface area contributed by atoms with Gasteiger partial charge in [-0.1, -0.05) is 12.8 Å². The Balaban J connectivity index is 0. The van der Waals surface area contributed by atoms with Crippen LogP contribution in [0.4, 0.5) is 0 Å². The predicted molar refractivity (Wildman–Crippen MR) is 91.8 cm³/mol. The second kappa shape index (κ2) is 16.5. The van der Waals surface area contributed by atoms with E-state index in [-0.39, 0.29) is 29.9 Å². The number of aliphatic imine (C=N–C) groups is 1. The second-order valence-corrected chi connectivity index (χ2v) is 4.16. The van der Waals surface area contributed by atoms with E-state index in [1.54, 1.807) is 14.2 Å². The molecule has 2 N–H and O–H groups in total. The van der Waals surface area contributed by atoms with Crippen LogP contribution in [0, 0.1) is 0 Å². The average Bonchev–Trinajstić information content (AvgIpc) is 2.44. The summed E-state index contributed by atoms with van der Waals surface area (Å²) in [5, 5.41) is 6.38. The van der Waals surface area contributed by atoms with Crippen LogP contribution in [0.2, 0.25) is 0 Å². The van der Waals surface area contributed by atoms with Crippen LogP contribution in [-0.4, -0.2) is 52.9 Å². The van der Waals surface area contributed by atoms with Gasteiger partial charge in [-0.05, 0) is 12.8 Å². The highest BCUT2D eigenvalue weighted by Crippen LogP contribution is 2.03. The molecule has 0 radical (unpaired) electrons. The number of carbonyl (C=O) groups excluding carboxylic acids is 1. The van der Waals surface area contributed by atoms with Gasteiger partial charge in [0.2, 0.25) is 0 Å². The van der Waals surface area contributed by atoms with Gasteiger partial charge in [0.05, 0.1) is 13.7 Å². The van der Waals surface area contributed by atoms with E-state index in [9.17, 15) is 4.79 Å². The molecule has 0 amide bonds. The lowest BCUT2D eigenvalue weighted by Gasteiger charge is -2.11. The molecule has 0 aromatic carbocycles. The van der Waals surface area contributed by atoms with E-state index in [4.69, 9.17) is 4.74 Å². The molecule has 6 nitrogen and oxygen atoms in total. The van der Waals surface area contributed by atoms with Gasteiger partial charge in [-0.25, -0.2) is 0 Å². The van der Waals surface area contributed by atoms with Crippen LogP contribution >= 0.6 is 24.0 Å². The Morgan fingerprint density at radius 3 is 2.30 bits per heavy atom. The van der Waals surface area contributed by atoms with Crippen molar-refractivity contribution in [2.75, 3.05) is 41.0 Å². The summed E-state index contributed by atoms with van der Waals surface area (Å²) in [6.45, 7) is 2.29. The summed E-state index contributed by atoms with van der Waals surface area (Å²) in [6, 6.07) is 0. The molecule has 120 valence electrons. The van der Waals surface area contributed by atoms with Crippen molar-refractivity contribution in [1.29, 1.82) is 0 Å². The van der Waals surface area contributed by atoms with Crippen molar-refractivity contribution in [3.63, 3.8) is 0 Å². The number of nitrogens with zero attached hydrogens (tertiary/aromatic N) is 1. The third-order valence-corrected chi connectivity index (χ3v) is 2.65. The fraction of sp³-hybridized carbons (Fsp3) is 0.846. The largest absolute Gasteiger partial charge is 0.469 e. The molecule has 0 fully saturated rings. The fourth-order valence-corrected chi connectivity index (χ4v) is 1.55. The van der Waals surface area contributed by atoms with Crippen LogP contribution in [0.25, 0.3) is 0 Å². The fourth-order valence-electron chi connectivity index (χ4n) is 1.55. The van der Waals surface area contributed by atoms with Crippen molar-refractivity contribution in [1.82, 2.24) is 10.6 Å². The Morgan fingerprint density at radius 2 is 1.70 bits per heavy atom. The number of ether oxygens (including phenoxy) is 2. The van der Waals surface area contributed by atoms with Gasteiger partial charge < -0.3 is 20.1 Å². The first-order valence-corrected chi connectivity index (χ1v) is 6.74. The third-order valence-electron chi connectivity index (χ3n) is 2.65. The highest BCUT2D eigenvalue weighted by molar-refractivity contribution is 14.0. The number of hydrogen-bond donors (Lipinski definition) is 2. The second-order valence-electron chi connectivity index (χ2n) is 4.16. The molecule has 0 atom stereocenters. The van der Waals surface area contributed by atoms with Crippen molar-refractivity contribution in [2.45, 2.75) is 32.1 Å². The first-order chi connectivity index (χ1) is 9.24. The van der Waals surface area contributed by atoms with Gasteiger partial charge in [0, 0.05) is 33.7 Å². The molecule has 0 aliphatic rings.